The lowest BCUT2D eigenvalue weighted by Gasteiger charge is -2.35. The van der Waals surface area contributed by atoms with Crippen LogP contribution in [0.25, 0.3) is 0 Å². The molecule has 0 saturated heterocycles. The smallest absolute Gasteiger partial charge is 0.331 e. The Morgan fingerprint density at radius 3 is 2.86 bits per heavy atom. The van der Waals surface area contributed by atoms with E-state index in [1.165, 1.54) is 12.4 Å². The van der Waals surface area contributed by atoms with E-state index >= 15 is 0 Å². The molecule has 6 nitrogen and oxygen atoms in total. The monoisotopic (exact) mass is 280 g/mol. The number of benzene rings is 1. The average Bonchev–Trinajstić information content (AvgIpc) is 2.53. The molecule has 1 aromatic carbocycles. The van der Waals surface area contributed by atoms with Gasteiger partial charge in [0.05, 0.1) is 0 Å². The zero-order chi connectivity index (χ0) is 14.8. The van der Waals surface area contributed by atoms with Gasteiger partial charge in [-0.15, -0.1) is 0 Å². The minimum absolute atomic E-state index is 0.142. The lowest BCUT2D eigenvalue weighted by Crippen LogP contribution is -2.40. The number of carboxylic acids is 1. The number of aliphatic carboxylic acids is 1. The minimum atomic E-state index is -0.961. The fourth-order valence-electron chi connectivity index (χ4n) is 2.68. The Morgan fingerprint density at radius 1 is 1.33 bits per heavy atom. The minimum Gasteiger partial charge on any atom is -0.479 e. The van der Waals surface area contributed by atoms with Crippen molar-refractivity contribution in [2.24, 2.45) is 0 Å². The summed E-state index contributed by atoms with van der Waals surface area (Å²) in [5.74, 6) is -0.640. The van der Waals surface area contributed by atoms with Crippen LogP contribution in [0.15, 0.2) is 36.7 Å². The van der Waals surface area contributed by atoms with Crippen molar-refractivity contribution in [2.45, 2.75) is 12.5 Å². The van der Waals surface area contributed by atoms with Gasteiger partial charge in [-0.1, -0.05) is 24.3 Å². The highest BCUT2D eigenvalue weighted by atomic mass is 16.4. The van der Waals surface area contributed by atoms with Crippen LogP contribution in [0.4, 0.5) is 5.82 Å². The Hall–Kier alpha value is -2.94. The quantitative estimate of drug-likeness (QED) is 0.897. The third-order valence-electron chi connectivity index (χ3n) is 3.57. The van der Waals surface area contributed by atoms with Crippen molar-refractivity contribution in [2.75, 3.05) is 11.4 Å². The first-order valence-corrected chi connectivity index (χ1v) is 6.50. The zero-order valence-corrected chi connectivity index (χ0v) is 11.1. The van der Waals surface area contributed by atoms with Gasteiger partial charge in [0.15, 0.2) is 17.6 Å². The van der Waals surface area contributed by atoms with Crippen LogP contribution >= 0.6 is 0 Å². The summed E-state index contributed by atoms with van der Waals surface area (Å²) in [7, 11) is 0. The van der Waals surface area contributed by atoms with Crippen molar-refractivity contribution in [3.05, 3.63) is 53.5 Å². The van der Waals surface area contributed by atoms with Crippen molar-refractivity contribution in [3.8, 4) is 6.07 Å². The summed E-state index contributed by atoms with van der Waals surface area (Å²) in [4.78, 5) is 21.5. The van der Waals surface area contributed by atoms with Crippen LogP contribution in [0.1, 0.15) is 22.9 Å². The Labute approximate surface area is 121 Å². The van der Waals surface area contributed by atoms with Crippen molar-refractivity contribution < 1.29 is 9.90 Å². The summed E-state index contributed by atoms with van der Waals surface area (Å²) in [6, 6.07) is 8.58. The van der Waals surface area contributed by atoms with Gasteiger partial charge in [0.1, 0.15) is 6.07 Å². The first-order valence-electron chi connectivity index (χ1n) is 6.50. The molecule has 2 heterocycles. The lowest BCUT2D eigenvalue weighted by atomic mass is 9.92. The fraction of sp³-hybridized carbons (Fsp3) is 0.200. The molecule has 104 valence electrons. The largest absolute Gasteiger partial charge is 0.479 e. The molecular weight excluding hydrogens is 268 g/mol. The van der Waals surface area contributed by atoms with Crippen molar-refractivity contribution in [1.82, 2.24) is 9.97 Å². The van der Waals surface area contributed by atoms with Crippen molar-refractivity contribution in [1.29, 1.82) is 5.26 Å². The van der Waals surface area contributed by atoms with Crippen LogP contribution < -0.4 is 4.90 Å². The second-order valence-electron chi connectivity index (χ2n) is 4.72. The molecule has 1 aliphatic rings. The van der Waals surface area contributed by atoms with Crippen LogP contribution in [0.3, 0.4) is 0 Å². The van der Waals surface area contributed by atoms with Gasteiger partial charge in [0.2, 0.25) is 0 Å². The SMILES string of the molecule is N#Cc1nccnc1N1CCc2ccccc2C1C(=O)O. The zero-order valence-electron chi connectivity index (χ0n) is 11.1. The molecule has 1 aliphatic heterocycles. The summed E-state index contributed by atoms with van der Waals surface area (Å²) in [5.41, 5.74) is 1.90. The highest BCUT2D eigenvalue weighted by molar-refractivity contribution is 5.81. The predicted molar refractivity (Wildman–Crippen MR) is 74.6 cm³/mol. The number of anilines is 1. The number of carbonyl (C=O) groups is 1. The number of rotatable bonds is 2. The number of carboxylic acid groups (broad SMARTS) is 1. The highest BCUT2D eigenvalue weighted by Gasteiger charge is 2.34. The van der Waals surface area contributed by atoms with Crippen LogP contribution in [0, 0.1) is 11.3 Å². The second-order valence-corrected chi connectivity index (χ2v) is 4.72. The van der Waals surface area contributed by atoms with E-state index in [9.17, 15) is 9.90 Å². The van der Waals surface area contributed by atoms with Gasteiger partial charge in [0.25, 0.3) is 0 Å². The maximum atomic E-state index is 11.7. The molecule has 0 bridgehead atoms. The maximum absolute atomic E-state index is 11.7. The standard InChI is InChI=1S/C15H12N4O2/c16-9-12-14(18-7-6-17-12)19-8-5-10-3-1-2-4-11(10)13(19)15(20)21/h1-4,6-7,13H,5,8H2,(H,20,21). The molecule has 0 radical (unpaired) electrons. The van der Waals surface area contributed by atoms with E-state index in [-0.39, 0.29) is 5.69 Å². The molecule has 1 unspecified atom stereocenters. The topological polar surface area (TPSA) is 90.1 Å². The summed E-state index contributed by atoms with van der Waals surface area (Å²) in [6.45, 7) is 0.487. The van der Waals surface area contributed by atoms with E-state index < -0.39 is 12.0 Å². The van der Waals surface area contributed by atoms with E-state index in [2.05, 4.69) is 9.97 Å². The summed E-state index contributed by atoms with van der Waals surface area (Å²) < 4.78 is 0. The van der Waals surface area contributed by atoms with Crippen LogP contribution in [-0.2, 0) is 11.2 Å². The number of hydrogen-bond donors (Lipinski definition) is 1. The van der Waals surface area contributed by atoms with Gasteiger partial charge in [-0.25, -0.2) is 14.8 Å². The summed E-state index contributed by atoms with van der Waals surface area (Å²) in [5, 5.41) is 18.8. The van der Waals surface area contributed by atoms with Gasteiger partial charge in [-0.3, -0.25) is 0 Å². The lowest BCUT2D eigenvalue weighted by molar-refractivity contribution is -0.138. The molecule has 0 saturated carbocycles. The number of hydrogen-bond acceptors (Lipinski definition) is 5. The van der Waals surface area contributed by atoms with E-state index in [1.54, 1.807) is 4.90 Å². The average molecular weight is 280 g/mol. The van der Waals surface area contributed by atoms with E-state index in [4.69, 9.17) is 5.26 Å². The molecule has 0 fully saturated rings. The van der Waals surface area contributed by atoms with Gasteiger partial charge < -0.3 is 10.0 Å². The van der Waals surface area contributed by atoms with Gasteiger partial charge in [0, 0.05) is 18.9 Å². The molecule has 0 aliphatic carbocycles. The molecule has 2 aromatic rings. The van der Waals surface area contributed by atoms with Gasteiger partial charge in [-0.05, 0) is 17.5 Å². The first-order chi connectivity index (χ1) is 10.2. The Kier molecular flexibility index (Phi) is 3.24. The molecule has 21 heavy (non-hydrogen) atoms. The third kappa shape index (κ3) is 2.19. The van der Waals surface area contributed by atoms with Gasteiger partial charge >= 0.3 is 5.97 Å². The number of aromatic nitrogens is 2. The van der Waals surface area contributed by atoms with E-state index in [0.29, 0.717) is 18.8 Å². The maximum Gasteiger partial charge on any atom is 0.331 e. The normalized spacial score (nSPS) is 16.9. The molecule has 1 aromatic heterocycles. The predicted octanol–water partition coefficient (Wildman–Crippen LogP) is 1.54. The van der Waals surface area contributed by atoms with Gasteiger partial charge in [-0.2, -0.15) is 5.26 Å². The number of nitriles is 1. The van der Waals surface area contributed by atoms with E-state index in [1.807, 2.05) is 30.3 Å². The first kappa shape index (κ1) is 13.1. The van der Waals surface area contributed by atoms with Crippen molar-refractivity contribution in [3.63, 3.8) is 0 Å². The number of fused-ring (bicyclic) bond motifs is 1. The number of nitrogens with zero attached hydrogens (tertiary/aromatic N) is 4. The molecule has 1 atom stereocenters. The molecular formula is C15H12N4O2. The fourth-order valence-corrected chi connectivity index (χ4v) is 2.68. The Morgan fingerprint density at radius 2 is 2.10 bits per heavy atom. The summed E-state index contributed by atoms with van der Waals surface area (Å²) >= 11 is 0. The molecule has 3 rings (SSSR count). The van der Waals surface area contributed by atoms with Crippen molar-refractivity contribution >= 4 is 11.8 Å². The highest BCUT2D eigenvalue weighted by Crippen LogP contribution is 2.33. The molecule has 6 heteroatoms. The Bertz CT molecular complexity index is 738. The van der Waals surface area contributed by atoms with E-state index in [0.717, 1.165) is 11.1 Å². The molecule has 1 N–H and O–H groups in total. The van der Waals surface area contributed by atoms with Crippen LogP contribution in [-0.4, -0.2) is 27.6 Å². The van der Waals surface area contributed by atoms with Crippen LogP contribution in [0.2, 0.25) is 0 Å². The third-order valence-corrected chi connectivity index (χ3v) is 3.57. The Balaban J connectivity index is 2.12. The second kappa shape index (κ2) is 5.21. The molecule has 0 spiro atoms. The summed E-state index contributed by atoms with van der Waals surface area (Å²) in [6.07, 6.45) is 3.60. The molecule has 0 amide bonds. The van der Waals surface area contributed by atoms with Crippen LogP contribution in [0.5, 0.6) is 0 Å².